The van der Waals surface area contributed by atoms with Gasteiger partial charge in [-0.3, -0.25) is 4.90 Å². The second-order valence-electron chi connectivity index (χ2n) is 3.55. The molecule has 0 amide bonds. The molecule has 0 aromatic carbocycles. The highest BCUT2D eigenvalue weighted by Crippen LogP contribution is 2.29. The molecule has 0 saturated carbocycles. The first-order valence-corrected chi connectivity index (χ1v) is 4.97. The van der Waals surface area contributed by atoms with Gasteiger partial charge in [0.25, 0.3) is 0 Å². The minimum absolute atomic E-state index is 0.546. The van der Waals surface area contributed by atoms with Crippen molar-refractivity contribution < 1.29 is 0 Å². The zero-order chi connectivity index (χ0) is 9.26. The van der Waals surface area contributed by atoms with Crippen molar-refractivity contribution >= 4 is 11.6 Å². The molecule has 2 heterocycles. The molecule has 0 aliphatic carbocycles. The Balaban J connectivity index is 2.20. The lowest BCUT2D eigenvalue weighted by Crippen LogP contribution is -2.17. The Labute approximate surface area is 83.5 Å². The van der Waals surface area contributed by atoms with Crippen LogP contribution in [-0.4, -0.2) is 23.5 Å². The number of hydrogen-bond donors (Lipinski definition) is 0. The van der Waals surface area contributed by atoms with Gasteiger partial charge in [-0.15, -0.1) is 0 Å². The van der Waals surface area contributed by atoms with Crippen LogP contribution in [0.4, 0.5) is 0 Å². The predicted octanol–water partition coefficient (Wildman–Crippen LogP) is 2.50. The van der Waals surface area contributed by atoms with E-state index in [-0.39, 0.29) is 0 Å². The largest absolute Gasteiger partial charge is 0.299 e. The molecule has 1 atom stereocenters. The molecule has 13 heavy (non-hydrogen) atoms. The van der Waals surface area contributed by atoms with Gasteiger partial charge in [-0.25, -0.2) is 4.98 Å². The van der Waals surface area contributed by atoms with E-state index >= 15 is 0 Å². The quantitative estimate of drug-likeness (QED) is 0.642. The summed E-state index contributed by atoms with van der Waals surface area (Å²) in [7, 11) is 2.16. The fraction of sp³-hybridized carbons (Fsp3) is 0.500. The van der Waals surface area contributed by atoms with E-state index in [0.717, 1.165) is 0 Å². The zero-order valence-corrected chi connectivity index (χ0v) is 8.46. The molecule has 2 rings (SSSR count). The third kappa shape index (κ3) is 1.84. The fourth-order valence-electron chi connectivity index (χ4n) is 1.92. The maximum atomic E-state index is 5.73. The summed E-state index contributed by atoms with van der Waals surface area (Å²) < 4.78 is 0. The van der Waals surface area contributed by atoms with Crippen molar-refractivity contribution in [2.45, 2.75) is 18.9 Å². The summed E-state index contributed by atoms with van der Waals surface area (Å²) in [5.41, 5.74) is 1.28. The van der Waals surface area contributed by atoms with Crippen molar-refractivity contribution in [3.8, 4) is 0 Å². The fourth-order valence-corrected chi connectivity index (χ4v) is 2.03. The molecule has 1 aliphatic rings. The number of pyridine rings is 1. The van der Waals surface area contributed by atoms with Crippen molar-refractivity contribution in [3.63, 3.8) is 0 Å². The minimum Gasteiger partial charge on any atom is -0.299 e. The van der Waals surface area contributed by atoms with Crippen LogP contribution in [-0.2, 0) is 0 Å². The SMILES string of the molecule is CN1CCCC1c1ccc(Cl)nc1. The molecular formula is C10H13ClN2. The van der Waals surface area contributed by atoms with Gasteiger partial charge in [0.15, 0.2) is 0 Å². The van der Waals surface area contributed by atoms with Crippen molar-refractivity contribution in [2.24, 2.45) is 0 Å². The maximum absolute atomic E-state index is 5.73. The van der Waals surface area contributed by atoms with Crippen molar-refractivity contribution in [2.75, 3.05) is 13.6 Å². The van der Waals surface area contributed by atoms with E-state index in [1.54, 1.807) is 0 Å². The molecular weight excluding hydrogens is 184 g/mol. The molecule has 0 bridgehead atoms. The van der Waals surface area contributed by atoms with Gasteiger partial charge in [-0.05, 0) is 38.1 Å². The van der Waals surface area contributed by atoms with E-state index in [2.05, 4.69) is 23.0 Å². The van der Waals surface area contributed by atoms with E-state index in [4.69, 9.17) is 11.6 Å². The molecule has 70 valence electrons. The second kappa shape index (κ2) is 3.64. The number of hydrogen-bond acceptors (Lipinski definition) is 2. The van der Waals surface area contributed by atoms with E-state index < -0.39 is 0 Å². The van der Waals surface area contributed by atoms with Gasteiger partial charge in [0.1, 0.15) is 5.15 Å². The van der Waals surface area contributed by atoms with Gasteiger partial charge in [0.2, 0.25) is 0 Å². The molecule has 2 nitrogen and oxygen atoms in total. The van der Waals surface area contributed by atoms with Crippen LogP contribution >= 0.6 is 11.6 Å². The summed E-state index contributed by atoms with van der Waals surface area (Å²) in [6, 6.07) is 4.48. The molecule has 1 saturated heterocycles. The van der Waals surface area contributed by atoms with Crippen LogP contribution in [0.15, 0.2) is 18.3 Å². The Morgan fingerprint density at radius 3 is 2.92 bits per heavy atom. The summed E-state index contributed by atoms with van der Waals surface area (Å²) in [4.78, 5) is 6.46. The highest BCUT2D eigenvalue weighted by atomic mass is 35.5. The highest BCUT2D eigenvalue weighted by Gasteiger charge is 2.22. The predicted molar refractivity (Wildman–Crippen MR) is 53.9 cm³/mol. The van der Waals surface area contributed by atoms with Crippen LogP contribution in [0, 0.1) is 0 Å². The van der Waals surface area contributed by atoms with E-state index in [1.165, 1.54) is 24.9 Å². The number of nitrogens with zero attached hydrogens (tertiary/aromatic N) is 2. The van der Waals surface area contributed by atoms with Crippen LogP contribution in [0.5, 0.6) is 0 Å². The number of likely N-dealkylation sites (tertiary alicyclic amines) is 1. The van der Waals surface area contributed by atoms with Crippen LogP contribution < -0.4 is 0 Å². The maximum Gasteiger partial charge on any atom is 0.129 e. The Hall–Kier alpha value is -0.600. The Bertz CT molecular complexity index is 283. The standard InChI is InChI=1S/C10H13ClN2/c1-13-6-2-3-9(13)8-4-5-10(11)12-7-8/h4-5,7,9H,2-3,6H2,1H3. The van der Waals surface area contributed by atoms with Gasteiger partial charge in [-0.2, -0.15) is 0 Å². The van der Waals surface area contributed by atoms with Crippen LogP contribution in [0.3, 0.4) is 0 Å². The molecule has 1 aromatic rings. The third-order valence-corrected chi connectivity index (χ3v) is 2.88. The van der Waals surface area contributed by atoms with Gasteiger partial charge in [0, 0.05) is 12.2 Å². The van der Waals surface area contributed by atoms with Gasteiger partial charge < -0.3 is 0 Å². The Morgan fingerprint density at radius 1 is 1.54 bits per heavy atom. The average Bonchev–Trinajstić information content (AvgIpc) is 2.53. The number of aromatic nitrogens is 1. The van der Waals surface area contributed by atoms with Crippen LogP contribution in [0.25, 0.3) is 0 Å². The first-order valence-electron chi connectivity index (χ1n) is 4.59. The summed E-state index contributed by atoms with van der Waals surface area (Å²) in [5, 5.41) is 0.574. The van der Waals surface area contributed by atoms with Gasteiger partial charge in [-0.1, -0.05) is 17.7 Å². The monoisotopic (exact) mass is 196 g/mol. The Morgan fingerprint density at radius 2 is 2.38 bits per heavy atom. The molecule has 1 fully saturated rings. The summed E-state index contributed by atoms with van der Waals surface area (Å²) in [6.45, 7) is 1.19. The van der Waals surface area contributed by atoms with Gasteiger partial charge >= 0.3 is 0 Å². The molecule has 0 N–H and O–H groups in total. The average molecular weight is 197 g/mol. The smallest absolute Gasteiger partial charge is 0.129 e. The van der Waals surface area contributed by atoms with Crippen molar-refractivity contribution in [3.05, 3.63) is 29.0 Å². The molecule has 0 spiro atoms. The van der Waals surface area contributed by atoms with E-state index in [1.807, 2.05) is 12.3 Å². The summed E-state index contributed by atoms with van der Waals surface area (Å²) in [5.74, 6) is 0. The zero-order valence-electron chi connectivity index (χ0n) is 7.70. The number of halogens is 1. The first kappa shape index (κ1) is 8.97. The minimum atomic E-state index is 0.546. The summed E-state index contributed by atoms with van der Waals surface area (Å²) in [6.07, 6.45) is 4.40. The van der Waals surface area contributed by atoms with E-state index in [9.17, 15) is 0 Å². The lowest BCUT2D eigenvalue weighted by Gasteiger charge is -2.19. The third-order valence-electron chi connectivity index (χ3n) is 2.66. The van der Waals surface area contributed by atoms with Gasteiger partial charge in [0.05, 0.1) is 0 Å². The molecule has 1 aromatic heterocycles. The lowest BCUT2D eigenvalue weighted by molar-refractivity contribution is 0.317. The van der Waals surface area contributed by atoms with Crippen molar-refractivity contribution in [1.82, 2.24) is 9.88 Å². The second-order valence-corrected chi connectivity index (χ2v) is 3.94. The Kier molecular flexibility index (Phi) is 2.51. The number of rotatable bonds is 1. The van der Waals surface area contributed by atoms with E-state index in [0.29, 0.717) is 11.2 Å². The summed E-state index contributed by atoms with van der Waals surface area (Å²) >= 11 is 5.73. The molecule has 1 unspecified atom stereocenters. The van der Waals surface area contributed by atoms with Crippen LogP contribution in [0.2, 0.25) is 5.15 Å². The molecule has 1 aliphatic heterocycles. The molecule has 3 heteroatoms. The lowest BCUT2D eigenvalue weighted by atomic mass is 10.1. The normalized spacial score (nSPS) is 23.7. The topological polar surface area (TPSA) is 16.1 Å². The van der Waals surface area contributed by atoms with Crippen LogP contribution in [0.1, 0.15) is 24.4 Å². The molecule has 0 radical (unpaired) electrons. The first-order chi connectivity index (χ1) is 6.27. The highest BCUT2D eigenvalue weighted by molar-refractivity contribution is 6.29. The van der Waals surface area contributed by atoms with Crippen molar-refractivity contribution in [1.29, 1.82) is 0 Å².